The fourth-order valence-electron chi connectivity index (χ4n) is 2.17. The predicted octanol–water partition coefficient (Wildman–Crippen LogP) is 6.49. The first-order chi connectivity index (χ1) is 9.91. The number of allylic oxidation sites excluding steroid dienone is 4. The van der Waals surface area contributed by atoms with Crippen molar-refractivity contribution in [3.63, 3.8) is 0 Å². The molecule has 0 rings (SSSR count). The molecule has 0 saturated heterocycles. The largest absolute Gasteiger partial charge is 0.373 e. The average molecular weight is 278 g/mol. The molecule has 0 atom stereocenters. The van der Waals surface area contributed by atoms with Crippen molar-refractivity contribution in [3.05, 3.63) is 31.4 Å². The highest BCUT2D eigenvalue weighted by atomic mass is 16.5. The third kappa shape index (κ3) is 17.4. The lowest BCUT2D eigenvalue weighted by molar-refractivity contribution is 0.233. The van der Waals surface area contributed by atoms with Gasteiger partial charge >= 0.3 is 0 Å². The van der Waals surface area contributed by atoms with Crippen LogP contribution in [0.15, 0.2) is 24.3 Å². The van der Waals surface area contributed by atoms with Gasteiger partial charge in [0.05, 0.1) is 0 Å². The van der Waals surface area contributed by atoms with Crippen molar-refractivity contribution in [1.29, 1.82) is 0 Å². The number of ether oxygens (including phenoxy) is 1. The highest BCUT2D eigenvalue weighted by molar-refractivity contribution is 4.92. The SMILES string of the molecule is [CH]OCCCCCCCC/C=C\C/C=C\CCCCC. The van der Waals surface area contributed by atoms with E-state index in [9.17, 15) is 0 Å². The molecule has 0 aliphatic heterocycles. The zero-order chi connectivity index (χ0) is 14.7. The average Bonchev–Trinajstić information content (AvgIpc) is 2.47. The molecule has 0 bridgehead atoms. The van der Waals surface area contributed by atoms with Crippen molar-refractivity contribution in [2.24, 2.45) is 0 Å². The molecular formula is C19H34O. The molecule has 2 radical (unpaired) electrons. The molecule has 1 nitrogen and oxygen atoms in total. The molecule has 0 aromatic heterocycles. The normalized spacial score (nSPS) is 11.9. The van der Waals surface area contributed by atoms with Crippen LogP contribution in [-0.2, 0) is 4.74 Å². The molecule has 20 heavy (non-hydrogen) atoms. The summed E-state index contributed by atoms with van der Waals surface area (Å²) in [6.45, 7) is 2.95. The van der Waals surface area contributed by atoms with Crippen molar-refractivity contribution in [3.8, 4) is 0 Å². The van der Waals surface area contributed by atoms with Gasteiger partial charge in [-0.05, 0) is 38.5 Å². The zero-order valence-corrected chi connectivity index (χ0v) is 13.5. The van der Waals surface area contributed by atoms with Crippen LogP contribution in [0.4, 0.5) is 0 Å². The highest BCUT2D eigenvalue weighted by Gasteiger charge is 1.90. The summed E-state index contributed by atoms with van der Waals surface area (Å²) in [6, 6.07) is 0. The molecule has 0 spiro atoms. The van der Waals surface area contributed by atoms with E-state index in [1.165, 1.54) is 64.2 Å². The fourth-order valence-corrected chi connectivity index (χ4v) is 2.17. The van der Waals surface area contributed by atoms with Gasteiger partial charge in [-0.15, -0.1) is 0 Å². The first-order valence-electron chi connectivity index (χ1n) is 8.53. The molecule has 1 heteroatoms. The Morgan fingerprint density at radius 3 is 1.85 bits per heavy atom. The minimum Gasteiger partial charge on any atom is -0.373 e. The summed E-state index contributed by atoms with van der Waals surface area (Å²) in [5.41, 5.74) is 0. The summed E-state index contributed by atoms with van der Waals surface area (Å²) in [4.78, 5) is 0. The zero-order valence-electron chi connectivity index (χ0n) is 13.5. The third-order valence-electron chi connectivity index (χ3n) is 3.46. The summed E-state index contributed by atoms with van der Waals surface area (Å²) in [6.07, 6.45) is 24.5. The van der Waals surface area contributed by atoms with Gasteiger partial charge in [-0.25, -0.2) is 0 Å². The van der Waals surface area contributed by atoms with E-state index >= 15 is 0 Å². The van der Waals surface area contributed by atoms with Crippen molar-refractivity contribution in [2.45, 2.75) is 84.0 Å². The first kappa shape index (κ1) is 19.4. The smallest absolute Gasteiger partial charge is 0.115 e. The Balaban J connectivity index is 3.12. The summed E-state index contributed by atoms with van der Waals surface area (Å²) < 4.78 is 4.55. The van der Waals surface area contributed by atoms with Gasteiger partial charge in [-0.2, -0.15) is 0 Å². The van der Waals surface area contributed by atoms with Gasteiger partial charge in [-0.3, -0.25) is 0 Å². The Morgan fingerprint density at radius 2 is 1.25 bits per heavy atom. The van der Waals surface area contributed by atoms with Crippen LogP contribution < -0.4 is 0 Å². The Kier molecular flexibility index (Phi) is 17.9. The number of hydrogen-bond acceptors (Lipinski definition) is 1. The van der Waals surface area contributed by atoms with Crippen LogP contribution in [0.3, 0.4) is 0 Å². The number of hydrogen-bond donors (Lipinski definition) is 0. The van der Waals surface area contributed by atoms with Crippen LogP contribution in [0.5, 0.6) is 0 Å². The molecule has 0 aromatic rings. The predicted molar refractivity (Wildman–Crippen MR) is 89.6 cm³/mol. The monoisotopic (exact) mass is 278 g/mol. The standard InChI is InChI=1S/C19H34O/c1-3-4-5-6-7-8-9-10-11-12-13-14-15-16-17-18-19-20-2/h2,7-8,10-11H,3-6,9,12-19H2,1H3/b8-7-,11-10-. The number of unbranched alkanes of at least 4 members (excludes halogenated alkanes) is 9. The highest BCUT2D eigenvalue weighted by Crippen LogP contribution is 2.08. The molecule has 0 amide bonds. The van der Waals surface area contributed by atoms with Crippen LogP contribution in [0.2, 0.25) is 0 Å². The van der Waals surface area contributed by atoms with Crippen molar-refractivity contribution < 1.29 is 4.74 Å². The van der Waals surface area contributed by atoms with Gasteiger partial charge in [0.2, 0.25) is 0 Å². The Morgan fingerprint density at radius 1 is 0.700 bits per heavy atom. The molecular weight excluding hydrogens is 244 g/mol. The van der Waals surface area contributed by atoms with Crippen molar-refractivity contribution in [2.75, 3.05) is 6.61 Å². The van der Waals surface area contributed by atoms with Crippen LogP contribution in [0.1, 0.15) is 84.0 Å². The van der Waals surface area contributed by atoms with E-state index in [4.69, 9.17) is 7.11 Å². The molecule has 0 aliphatic rings. The summed E-state index contributed by atoms with van der Waals surface area (Å²) in [5, 5.41) is 0. The molecule has 0 unspecified atom stereocenters. The van der Waals surface area contributed by atoms with E-state index in [0.717, 1.165) is 12.8 Å². The molecule has 0 N–H and O–H groups in total. The minimum absolute atomic E-state index is 0.703. The lowest BCUT2D eigenvalue weighted by Crippen LogP contribution is -1.86. The van der Waals surface area contributed by atoms with E-state index in [1.54, 1.807) is 0 Å². The second-order valence-electron chi connectivity index (χ2n) is 5.46. The van der Waals surface area contributed by atoms with E-state index in [-0.39, 0.29) is 0 Å². The Bertz CT molecular complexity index is 218. The van der Waals surface area contributed by atoms with Gasteiger partial charge in [0, 0.05) is 6.61 Å². The van der Waals surface area contributed by atoms with Crippen LogP contribution in [-0.4, -0.2) is 6.61 Å². The molecule has 0 aliphatic carbocycles. The van der Waals surface area contributed by atoms with E-state index < -0.39 is 0 Å². The van der Waals surface area contributed by atoms with E-state index in [1.807, 2.05) is 0 Å². The summed E-state index contributed by atoms with van der Waals surface area (Å²) in [5.74, 6) is 0. The van der Waals surface area contributed by atoms with Gasteiger partial charge in [0.15, 0.2) is 0 Å². The van der Waals surface area contributed by atoms with Gasteiger partial charge < -0.3 is 4.74 Å². The lowest BCUT2D eigenvalue weighted by atomic mass is 10.1. The molecule has 0 heterocycles. The van der Waals surface area contributed by atoms with Crippen molar-refractivity contribution in [1.82, 2.24) is 0 Å². The minimum atomic E-state index is 0.703. The lowest BCUT2D eigenvalue weighted by Gasteiger charge is -1.99. The summed E-state index contributed by atoms with van der Waals surface area (Å²) >= 11 is 0. The van der Waals surface area contributed by atoms with Gasteiger partial charge in [-0.1, -0.05) is 69.8 Å². The molecule has 116 valence electrons. The van der Waals surface area contributed by atoms with Crippen molar-refractivity contribution >= 4 is 0 Å². The maximum Gasteiger partial charge on any atom is 0.115 e. The van der Waals surface area contributed by atoms with E-state index in [0.29, 0.717) is 6.61 Å². The maximum atomic E-state index is 4.98. The quantitative estimate of drug-likeness (QED) is 0.246. The fraction of sp³-hybridized carbons (Fsp3) is 0.737. The number of rotatable bonds is 15. The summed E-state index contributed by atoms with van der Waals surface area (Å²) in [7, 11) is 4.98. The van der Waals surface area contributed by atoms with Crippen LogP contribution in [0, 0.1) is 7.11 Å². The molecule has 0 fully saturated rings. The maximum absolute atomic E-state index is 4.98. The Hall–Kier alpha value is -0.560. The first-order valence-corrected chi connectivity index (χ1v) is 8.53. The van der Waals surface area contributed by atoms with Crippen LogP contribution >= 0.6 is 0 Å². The van der Waals surface area contributed by atoms with Crippen LogP contribution in [0.25, 0.3) is 0 Å². The second-order valence-corrected chi connectivity index (χ2v) is 5.46. The van der Waals surface area contributed by atoms with Gasteiger partial charge in [0.25, 0.3) is 0 Å². The topological polar surface area (TPSA) is 9.23 Å². The molecule has 0 aromatic carbocycles. The third-order valence-corrected chi connectivity index (χ3v) is 3.46. The second kappa shape index (κ2) is 18.4. The van der Waals surface area contributed by atoms with Gasteiger partial charge in [0.1, 0.15) is 7.11 Å². The molecule has 0 saturated carbocycles. The van der Waals surface area contributed by atoms with E-state index in [2.05, 4.69) is 36.0 Å². The Labute approximate surface area is 127 Å².